The van der Waals surface area contributed by atoms with Gasteiger partial charge in [-0.25, -0.2) is 4.79 Å². The van der Waals surface area contributed by atoms with Gasteiger partial charge >= 0.3 is 0 Å². The van der Waals surface area contributed by atoms with Crippen LogP contribution in [0.4, 0.5) is 0 Å². The summed E-state index contributed by atoms with van der Waals surface area (Å²) in [6.45, 7) is 0. The summed E-state index contributed by atoms with van der Waals surface area (Å²) < 4.78 is 9.24. The number of hydrogen-bond donors (Lipinski definition) is 0. The Morgan fingerprint density at radius 2 is 2.44 bits per heavy atom. The van der Waals surface area contributed by atoms with Crippen molar-refractivity contribution in [3.63, 3.8) is 0 Å². The van der Waals surface area contributed by atoms with Gasteiger partial charge in [0.1, 0.15) is 12.5 Å². The molecular weight excluding hydrogens is 122 g/mol. The standard InChI is InChI=1S/C5H3NO3/c7-4-6-5-3-8-1-2-9-5/h1-3H. The molecule has 0 aromatic rings. The zero-order chi connectivity index (χ0) is 6.53. The molecule has 4 heteroatoms. The summed E-state index contributed by atoms with van der Waals surface area (Å²) in [4.78, 5) is 12.7. The SMILES string of the molecule is O=C=NC1=COC=CO1. The monoisotopic (exact) mass is 125 g/mol. The van der Waals surface area contributed by atoms with E-state index in [9.17, 15) is 4.79 Å². The van der Waals surface area contributed by atoms with E-state index in [2.05, 4.69) is 14.5 Å². The topological polar surface area (TPSA) is 47.9 Å². The Labute approximate surface area is 51.1 Å². The van der Waals surface area contributed by atoms with Gasteiger partial charge in [-0.3, -0.25) is 0 Å². The lowest BCUT2D eigenvalue weighted by atomic mass is 10.8. The van der Waals surface area contributed by atoms with Crippen molar-refractivity contribution in [2.24, 2.45) is 4.99 Å². The molecule has 1 heterocycles. The lowest BCUT2D eigenvalue weighted by molar-refractivity contribution is 0.254. The molecule has 0 spiro atoms. The normalized spacial score (nSPS) is 14.4. The molecule has 46 valence electrons. The van der Waals surface area contributed by atoms with Crippen LogP contribution in [0.5, 0.6) is 0 Å². The molecule has 9 heavy (non-hydrogen) atoms. The van der Waals surface area contributed by atoms with E-state index in [-0.39, 0.29) is 5.88 Å². The van der Waals surface area contributed by atoms with Crippen LogP contribution in [0.15, 0.2) is 29.7 Å². The highest BCUT2D eigenvalue weighted by atomic mass is 16.5. The molecule has 0 N–H and O–H groups in total. The third kappa shape index (κ3) is 1.44. The number of carbonyl (C=O) groups excluding carboxylic acids is 1. The van der Waals surface area contributed by atoms with E-state index in [1.54, 1.807) is 0 Å². The summed E-state index contributed by atoms with van der Waals surface area (Å²) in [6.07, 6.45) is 5.10. The van der Waals surface area contributed by atoms with Crippen LogP contribution in [0, 0.1) is 0 Å². The first-order chi connectivity index (χ1) is 4.43. The molecule has 0 bridgehead atoms. The molecule has 0 aromatic heterocycles. The lowest BCUT2D eigenvalue weighted by Gasteiger charge is -2.01. The molecule has 1 rings (SSSR count). The minimum absolute atomic E-state index is 0.104. The predicted molar refractivity (Wildman–Crippen MR) is 27.5 cm³/mol. The maximum absolute atomic E-state index is 9.58. The van der Waals surface area contributed by atoms with Crippen LogP contribution in [-0.2, 0) is 14.3 Å². The smallest absolute Gasteiger partial charge is 0.265 e. The van der Waals surface area contributed by atoms with Crippen molar-refractivity contribution < 1.29 is 14.3 Å². The molecule has 1 aliphatic heterocycles. The van der Waals surface area contributed by atoms with Gasteiger partial charge in [0.15, 0.2) is 6.26 Å². The van der Waals surface area contributed by atoms with Crippen molar-refractivity contribution in [1.29, 1.82) is 0 Å². The van der Waals surface area contributed by atoms with Crippen LogP contribution in [0.25, 0.3) is 0 Å². The highest BCUT2D eigenvalue weighted by molar-refractivity contribution is 5.35. The minimum atomic E-state index is 0.104. The van der Waals surface area contributed by atoms with Gasteiger partial charge in [0.25, 0.3) is 5.88 Å². The van der Waals surface area contributed by atoms with Crippen LogP contribution in [0.3, 0.4) is 0 Å². The van der Waals surface area contributed by atoms with E-state index >= 15 is 0 Å². The van der Waals surface area contributed by atoms with Crippen LogP contribution in [-0.4, -0.2) is 6.08 Å². The van der Waals surface area contributed by atoms with Gasteiger partial charge in [-0.15, -0.1) is 4.99 Å². The molecule has 0 unspecified atom stereocenters. The van der Waals surface area contributed by atoms with Gasteiger partial charge in [-0.2, -0.15) is 0 Å². The maximum Gasteiger partial charge on any atom is 0.265 e. The van der Waals surface area contributed by atoms with Gasteiger partial charge < -0.3 is 9.47 Å². The average Bonchev–Trinajstić information content (AvgIpc) is 1.91. The molecule has 0 aromatic carbocycles. The molecule has 0 aliphatic carbocycles. The van der Waals surface area contributed by atoms with E-state index in [1.165, 1.54) is 24.9 Å². The van der Waals surface area contributed by atoms with Crippen molar-refractivity contribution in [2.45, 2.75) is 0 Å². The number of hydrogen-bond acceptors (Lipinski definition) is 4. The van der Waals surface area contributed by atoms with E-state index in [1.807, 2.05) is 0 Å². The molecular formula is C5H3NO3. The Hall–Kier alpha value is -1.54. The highest BCUT2D eigenvalue weighted by Gasteiger charge is 1.95. The Bertz CT molecular complexity index is 200. The van der Waals surface area contributed by atoms with E-state index in [4.69, 9.17) is 0 Å². The van der Waals surface area contributed by atoms with Gasteiger partial charge in [-0.05, 0) is 0 Å². The number of ether oxygens (including phenoxy) is 2. The molecule has 4 nitrogen and oxygen atoms in total. The summed E-state index contributed by atoms with van der Waals surface area (Å²) in [5.74, 6) is 0.104. The van der Waals surface area contributed by atoms with Gasteiger partial charge in [0.2, 0.25) is 6.08 Å². The van der Waals surface area contributed by atoms with Gasteiger partial charge in [0, 0.05) is 0 Å². The minimum Gasteiger partial charge on any atom is -0.464 e. The fourth-order valence-electron chi connectivity index (χ4n) is 0.353. The molecule has 0 fully saturated rings. The first-order valence-electron chi connectivity index (χ1n) is 2.18. The van der Waals surface area contributed by atoms with Crippen molar-refractivity contribution in [1.82, 2.24) is 0 Å². The third-order valence-corrected chi connectivity index (χ3v) is 0.648. The molecule has 0 saturated heterocycles. The molecule has 0 saturated carbocycles. The number of rotatable bonds is 1. The Kier molecular flexibility index (Phi) is 1.67. The lowest BCUT2D eigenvalue weighted by Crippen LogP contribution is -1.87. The second-order valence-electron chi connectivity index (χ2n) is 1.19. The largest absolute Gasteiger partial charge is 0.464 e. The fraction of sp³-hybridized carbons (Fsp3) is 0. The third-order valence-electron chi connectivity index (χ3n) is 0.648. The number of nitrogens with zero attached hydrogens (tertiary/aromatic N) is 1. The van der Waals surface area contributed by atoms with Crippen molar-refractivity contribution in [3.8, 4) is 0 Å². The summed E-state index contributed by atoms with van der Waals surface area (Å²) in [5, 5.41) is 0. The molecule has 0 amide bonds. The quantitative estimate of drug-likeness (QED) is 0.381. The van der Waals surface area contributed by atoms with Crippen molar-refractivity contribution in [3.05, 3.63) is 24.7 Å². The van der Waals surface area contributed by atoms with Crippen LogP contribution in [0.1, 0.15) is 0 Å². The maximum atomic E-state index is 9.58. The number of isocyanates is 1. The Balaban J connectivity index is 2.60. The van der Waals surface area contributed by atoms with Crippen molar-refractivity contribution in [2.75, 3.05) is 0 Å². The average molecular weight is 125 g/mol. The second kappa shape index (κ2) is 2.69. The molecule has 1 aliphatic rings. The zero-order valence-corrected chi connectivity index (χ0v) is 4.40. The first-order valence-corrected chi connectivity index (χ1v) is 2.18. The van der Waals surface area contributed by atoms with Crippen LogP contribution < -0.4 is 0 Å². The first kappa shape index (κ1) is 5.59. The van der Waals surface area contributed by atoms with E-state index in [0.717, 1.165) is 0 Å². The van der Waals surface area contributed by atoms with Crippen LogP contribution in [0.2, 0.25) is 0 Å². The van der Waals surface area contributed by atoms with Crippen molar-refractivity contribution >= 4 is 6.08 Å². The molecule has 0 radical (unpaired) electrons. The molecule has 0 atom stereocenters. The van der Waals surface area contributed by atoms with E-state index in [0.29, 0.717) is 0 Å². The van der Waals surface area contributed by atoms with Gasteiger partial charge in [-0.1, -0.05) is 0 Å². The van der Waals surface area contributed by atoms with E-state index < -0.39 is 0 Å². The Morgan fingerprint density at radius 1 is 1.56 bits per heavy atom. The highest BCUT2D eigenvalue weighted by Crippen LogP contribution is 2.04. The predicted octanol–water partition coefficient (Wildman–Crippen LogP) is 0.639. The summed E-state index contributed by atoms with van der Waals surface area (Å²) in [6, 6.07) is 0. The fourth-order valence-corrected chi connectivity index (χ4v) is 0.353. The summed E-state index contributed by atoms with van der Waals surface area (Å²) in [5.41, 5.74) is 0. The summed E-state index contributed by atoms with van der Waals surface area (Å²) in [7, 11) is 0. The Morgan fingerprint density at radius 3 is 3.00 bits per heavy atom. The number of aliphatic imine (C=N–C) groups is 1. The zero-order valence-electron chi connectivity index (χ0n) is 4.40. The van der Waals surface area contributed by atoms with Crippen LogP contribution >= 0.6 is 0 Å². The van der Waals surface area contributed by atoms with Gasteiger partial charge in [0.05, 0.1) is 0 Å². The second-order valence-corrected chi connectivity index (χ2v) is 1.19. The summed E-state index contributed by atoms with van der Waals surface area (Å²) >= 11 is 0.